The highest BCUT2D eigenvalue weighted by atomic mass is 16.5. The van der Waals surface area contributed by atoms with E-state index in [-0.39, 0.29) is 48.9 Å². The molecule has 1 rings (SSSR count). The molecule has 3 N–H and O–H groups in total. The van der Waals surface area contributed by atoms with Crippen molar-refractivity contribution in [2.75, 3.05) is 6.61 Å². The van der Waals surface area contributed by atoms with Crippen LogP contribution in [0.1, 0.15) is 85.0 Å². The first-order valence-electron chi connectivity index (χ1n) is 12.2. The number of aliphatic carboxylic acids is 1. The van der Waals surface area contributed by atoms with Crippen LogP contribution in [0.5, 0.6) is 0 Å². The zero-order chi connectivity index (χ0) is 24.9. The van der Waals surface area contributed by atoms with Crippen molar-refractivity contribution in [2.45, 2.75) is 97.2 Å². The molecule has 0 unspecified atom stereocenters. The second kappa shape index (κ2) is 15.0. The Morgan fingerprint density at radius 3 is 2.58 bits per heavy atom. The third kappa shape index (κ3) is 11.1. The van der Waals surface area contributed by atoms with Crippen LogP contribution in [0.4, 0.5) is 0 Å². The minimum Gasteiger partial charge on any atom is -0.481 e. The van der Waals surface area contributed by atoms with Crippen LogP contribution in [0.25, 0.3) is 0 Å². The van der Waals surface area contributed by atoms with Gasteiger partial charge in [-0.1, -0.05) is 57.9 Å². The van der Waals surface area contributed by atoms with E-state index in [0.717, 1.165) is 32.1 Å². The van der Waals surface area contributed by atoms with E-state index in [4.69, 9.17) is 9.84 Å². The lowest BCUT2D eigenvalue weighted by Crippen LogP contribution is -2.28. The maximum atomic E-state index is 12.4. The van der Waals surface area contributed by atoms with Crippen molar-refractivity contribution in [3.8, 4) is 0 Å². The van der Waals surface area contributed by atoms with Gasteiger partial charge in [-0.05, 0) is 37.5 Å². The van der Waals surface area contributed by atoms with E-state index in [1.54, 1.807) is 6.08 Å². The number of ketones is 1. The van der Waals surface area contributed by atoms with Gasteiger partial charge in [-0.2, -0.15) is 0 Å². The molecule has 0 aromatic carbocycles. The monoisotopic (exact) mass is 466 g/mol. The highest BCUT2D eigenvalue weighted by Gasteiger charge is 2.39. The van der Waals surface area contributed by atoms with Gasteiger partial charge in [0.25, 0.3) is 0 Å². The van der Waals surface area contributed by atoms with E-state index in [0.29, 0.717) is 12.8 Å². The highest BCUT2D eigenvalue weighted by molar-refractivity contribution is 5.84. The van der Waals surface area contributed by atoms with Crippen LogP contribution < -0.4 is 0 Å². The quantitative estimate of drug-likeness (QED) is 0.177. The van der Waals surface area contributed by atoms with Crippen molar-refractivity contribution in [3.05, 3.63) is 24.3 Å². The number of unbranched alkanes of at least 4 members (excludes halogenated alkanes) is 3. The normalized spacial score (nSPS) is 22.3. The molecule has 1 aliphatic carbocycles. The summed E-state index contributed by atoms with van der Waals surface area (Å²) in [5.74, 6) is -2.04. The van der Waals surface area contributed by atoms with E-state index in [1.807, 2.05) is 32.1 Å². The zero-order valence-electron chi connectivity index (χ0n) is 20.4. The summed E-state index contributed by atoms with van der Waals surface area (Å²) >= 11 is 0. The predicted molar refractivity (Wildman–Crippen MR) is 127 cm³/mol. The SMILES string of the molecule is CCCCC(C)(C)[C@H](O)C=C[C@H]1[C@H](O)CC(=O)[C@@H]1CC=CCCCCOC(=O)CCC(=O)O. The van der Waals surface area contributed by atoms with Gasteiger partial charge in [0.1, 0.15) is 5.78 Å². The molecule has 188 valence electrons. The van der Waals surface area contributed by atoms with Gasteiger partial charge in [0.2, 0.25) is 0 Å². The van der Waals surface area contributed by atoms with Gasteiger partial charge in [0, 0.05) is 18.3 Å². The second-order valence-corrected chi connectivity index (χ2v) is 9.66. The Hall–Kier alpha value is -1.99. The summed E-state index contributed by atoms with van der Waals surface area (Å²) in [5, 5.41) is 29.5. The Kier molecular flexibility index (Phi) is 13.2. The van der Waals surface area contributed by atoms with Gasteiger partial charge < -0.3 is 20.1 Å². The number of rotatable bonds is 16. The summed E-state index contributed by atoms with van der Waals surface area (Å²) in [4.78, 5) is 34.1. The van der Waals surface area contributed by atoms with Crippen LogP contribution in [0.2, 0.25) is 0 Å². The number of aliphatic hydroxyl groups excluding tert-OH is 2. The number of allylic oxidation sites excluding steroid dienone is 2. The molecule has 7 heteroatoms. The fourth-order valence-electron chi connectivity index (χ4n) is 3.99. The summed E-state index contributed by atoms with van der Waals surface area (Å²) in [6.07, 6.45) is 11.9. The van der Waals surface area contributed by atoms with Gasteiger partial charge >= 0.3 is 11.9 Å². The number of carbonyl (C=O) groups excluding carboxylic acids is 2. The van der Waals surface area contributed by atoms with Crippen LogP contribution in [0, 0.1) is 17.3 Å². The number of Topliss-reactive ketones (excluding diaryl/α,β-unsaturated/α-hetero) is 1. The van der Waals surface area contributed by atoms with Crippen molar-refractivity contribution in [3.63, 3.8) is 0 Å². The molecule has 33 heavy (non-hydrogen) atoms. The fourth-order valence-corrected chi connectivity index (χ4v) is 3.99. The maximum Gasteiger partial charge on any atom is 0.306 e. The Labute approximate surface area is 197 Å². The van der Waals surface area contributed by atoms with Crippen LogP contribution in [-0.4, -0.2) is 51.9 Å². The van der Waals surface area contributed by atoms with Crippen LogP contribution in [0.15, 0.2) is 24.3 Å². The molecule has 0 aromatic heterocycles. The third-order valence-electron chi connectivity index (χ3n) is 6.35. The first-order chi connectivity index (χ1) is 15.6. The Morgan fingerprint density at radius 2 is 1.91 bits per heavy atom. The molecule has 1 fully saturated rings. The van der Waals surface area contributed by atoms with Crippen LogP contribution in [0.3, 0.4) is 0 Å². The van der Waals surface area contributed by atoms with Crippen molar-refractivity contribution >= 4 is 17.7 Å². The summed E-state index contributed by atoms with van der Waals surface area (Å²) in [6, 6.07) is 0. The zero-order valence-corrected chi connectivity index (χ0v) is 20.4. The predicted octanol–water partition coefficient (Wildman–Crippen LogP) is 4.21. The molecular weight excluding hydrogens is 424 g/mol. The summed E-state index contributed by atoms with van der Waals surface area (Å²) in [7, 11) is 0. The number of hydrogen-bond donors (Lipinski definition) is 3. The largest absolute Gasteiger partial charge is 0.481 e. The Balaban J connectivity index is 2.41. The summed E-state index contributed by atoms with van der Waals surface area (Å²) in [6.45, 7) is 6.45. The first kappa shape index (κ1) is 29.0. The van der Waals surface area contributed by atoms with Crippen molar-refractivity contribution in [1.29, 1.82) is 0 Å². The lowest BCUT2D eigenvalue weighted by atomic mass is 9.80. The van der Waals surface area contributed by atoms with Gasteiger partial charge in [-0.3, -0.25) is 14.4 Å². The second-order valence-electron chi connectivity index (χ2n) is 9.66. The molecule has 0 radical (unpaired) electrons. The van der Waals surface area contributed by atoms with Crippen molar-refractivity contribution in [2.24, 2.45) is 17.3 Å². The van der Waals surface area contributed by atoms with E-state index in [2.05, 4.69) is 6.92 Å². The minimum atomic E-state index is -1.02. The van der Waals surface area contributed by atoms with Crippen molar-refractivity contribution in [1.82, 2.24) is 0 Å². The van der Waals surface area contributed by atoms with Gasteiger partial charge in [-0.25, -0.2) is 0 Å². The smallest absolute Gasteiger partial charge is 0.306 e. The summed E-state index contributed by atoms with van der Waals surface area (Å²) in [5.41, 5.74) is -0.250. The lowest BCUT2D eigenvalue weighted by molar-refractivity contribution is -0.147. The molecule has 4 atom stereocenters. The first-order valence-corrected chi connectivity index (χ1v) is 12.2. The van der Waals surface area contributed by atoms with Crippen LogP contribution in [-0.2, 0) is 19.1 Å². The number of ether oxygens (including phenoxy) is 1. The summed E-state index contributed by atoms with van der Waals surface area (Å²) < 4.78 is 4.98. The van der Waals surface area contributed by atoms with Gasteiger partial charge in [0.05, 0.1) is 31.7 Å². The molecule has 0 amide bonds. The van der Waals surface area contributed by atoms with E-state index < -0.39 is 24.1 Å². The van der Waals surface area contributed by atoms with Gasteiger partial charge in [0.15, 0.2) is 0 Å². The molecule has 0 saturated heterocycles. The standard InChI is InChI=1S/C26H42O7/c1-4-5-16-26(2,3)23(29)13-12-20-19(21(27)18-22(20)28)11-9-7-6-8-10-17-33-25(32)15-14-24(30)31/h7,9,12-13,19-20,22-23,28-29H,4-6,8,10-11,14-18H2,1-3H3,(H,30,31)/t19-,20-,22-,23-/m1/s1. The molecule has 0 bridgehead atoms. The Bertz CT molecular complexity index is 680. The van der Waals surface area contributed by atoms with E-state index in [1.165, 1.54) is 0 Å². The number of carboxylic acids is 1. The molecule has 1 aliphatic rings. The molecular formula is C26H42O7. The third-order valence-corrected chi connectivity index (χ3v) is 6.35. The average molecular weight is 467 g/mol. The molecule has 1 saturated carbocycles. The number of hydrogen-bond acceptors (Lipinski definition) is 6. The fraction of sp³-hybridized carbons (Fsp3) is 0.731. The number of esters is 1. The van der Waals surface area contributed by atoms with Crippen LogP contribution >= 0.6 is 0 Å². The van der Waals surface area contributed by atoms with E-state index >= 15 is 0 Å². The molecule has 7 nitrogen and oxygen atoms in total. The lowest BCUT2D eigenvalue weighted by Gasteiger charge is -2.29. The minimum absolute atomic E-state index is 0.0507. The number of carboxylic acid groups (broad SMARTS) is 1. The van der Waals surface area contributed by atoms with Gasteiger partial charge in [-0.15, -0.1) is 0 Å². The molecule has 0 heterocycles. The molecule has 0 aliphatic heterocycles. The van der Waals surface area contributed by atoms with Crippen molar-refractivity contribution < 1.29 is 34.4 Å². The topological polar surface area (TPSA) is 121 Å². The Morgan fingerprint density at radius 1 is 1.18 bits per heavy atom. The molecule has 0 spiro atoms. The molecule has 0 aromatic rings. The highest BCUT2D eigenvalue weighted by Crippen LogP contribution is 2.35. The average Bonchev–Trinajstić information content (AvgIpc) is 3.02. The maximum absolute atomic E-state index is 12.4. The number of carbonyl (C=O) groups is 3. The number of aliphatic hydroxyl groups is 2. The van der Waals surface area contributed by atoms with E-state index in [9.17, 15) is 24.6 Å².